The van der Waals surface area contributed by atoms with E-state index in [-0.39, 0.29) is 11.4 Å². The van der Waals surface area contributed by atoms with Crippen molar-refractivity contribution >= 4 is 11.4 Å². The zero-order chi connectivity index (χ0) is 13.8. The molecule has 2 unspecified atom stereocenters. The van der Waals surface area contributed by atoms with E-state index in [4.69, 9.17) is 10.5 Å². The highest BCUT2D eigenvalue weighted by Crippen LogP contribution is 2.32. The molecule has 104 valence electrons. The number of nitrogens with one attached hydrogen (secondary N) is 1. The van der Waals surface area contributed by atoms with Gasteiger partial charge in [0.05, 0.1) is 12.0 Å². The molecule has 0 saturated heterocycles. The number of ether oxygens (including phenoxy) is 1. The van der Waals surface area contributed by atoms with Crippen molar-refractivity contribution in [1.29, 1.82) is 0 Å². The van der Waals surface area contributed by atoms with Gasteiger partial charge in [-0.25, -0.2) is 0 Å². The molecule has 0 aliphatic heterocycles. The number of nitrogens with two attached hydrogens (primary N) is 1. The first-order valence-electron chi connectivity index (χ1n) is 6.44. The van der Waals surface area contributed by atoms with Crippen LogP contribution in [-0.2, 0) is 0 Å². The lowest BCUT2D eigenvalue weighted by molar-refractivity contribution is -0.385. The molecule has 0 bridgehead atoms. The highest BCUT2D eigenvalue weighted by Gasteiger charge is 2.26. The summed E-state index contributed by atoms with van der Waals surface area (Å²) in [6.45, 7) is 0.668. The smallest absolute Gasteiger partial charge is 0.311 e. The van der Waals surface area contributed by atoms with Gasteiger partial charge in [-0.2, -0.15) is 0 Å². The van der Waals surface area contributed by atoms with Gasteiger partial charge in [0.1, 0.15) is 0 Å². The van der Waals surface area contributed by atoms with Crippen molar-refractivity contribution in [3.8, 4) is 5.75 Å². The lowest BCUT2D eigenvalue weighted by Crippen LogP contribution is -2.29. The van der Waals surface area contributed by atoms with Crippen molar-refractivity contribution in [2.45, 2.75) is 25.3 Å². The van der Waals surface area contributed by atoms with Crippen LogP contribution in [0.15, 0.2) is 18.2 Å². The summed E-state index contributed by atoms with van der Waals surface area (Å²) in [5, 5.41) is 14.2. The van der Waals surface area contributed by atoms with Gasteiger partial charge in [-0.3, -0.25) is 10.1 Å². The zero-order valence-electron chi connectivity index (χ0n) is 11.0. The summed E-state index contributed by atoms with van der Waals surface area (Å²) in [6.07, 6.45) is 3.39. The largest absolute Gasteiger partial charge is 0.490 e. The molecule has 1 aromatic rings. The minimum absolute atomic E-state index is 0.0187. The molecule has 0 amide bonds. The number of methoxy groups -OCH3 is 1. The molecule has 0 heterocycles. The zero-order valence-corrected chi connectivity index (χ0v) is 11.0. The van der Waals surface area contributed by atoms with E-state index in [1.807, 2.05) is 0 Å². The summed E-state index contributed by atoms with van der Waals surface area (Å²) in [5.74, 6) is 0.749. The molecule has 0 radical (unpaired) electrons. The van der Waals surface area contributed by atoms with Crippen LogP contribution in [0.5, 0.6) is 5.75 Å². The summed E-state index contributed by atoms with van der Waals surface area (Å²) in [5.41, 5.74) is 6.57. The van der Waals surface area contributed by atoms with Gasteiger partial charge in [-0.05, 0) is 31.4 Å². The van der Waals surface area contributed by atoms with E-state index in [9.17, 15) is 10.1 Å². The molecule has 1 aliphatic carbocycles. The molecule has 1 aliphatic rings. The molecule has 1 fully saturated rings. The second kappa shape index (κ2) is 5.88. The fourth-order valence-electron chi connectivity index (χ4n) is 2.64. The van der Waals surface area contributed by atoms with Crippen LogP contribution in [-0.4, -0.2) is 24.6 Å². The van der Waals surface area contributed by atoms with Crippen LogP contribution in [0.2, 0.25) is 0 Å². The van der Waals surface area contributed by atoms with Gasteiger partial charge in [-0.15, -0.1) is 0 Å². The predicted octanol–water partition coefficient (Wildman–Crippen LogP) is 2.14. The first-order valence-corrected chi connectivity index (χ1v) is 6.44. The van der Waals surface area contributed by atoms with E-state index >= 15 is 0 Å². The van der Waals surface area contributed by atoms with Gasteiger partial charge in [0.15, 0.2) is 5.75 Å². The Labute approximate surface area is 112 Å². The third-order valence-electron chi connectivity index (χ3n) is 3.69. The van der Waals surface area contributed by atoms with Crippen LogP contribution in [0.3, 0.4) is 0 Å². The fourth-order valence-corrected chi connectivity index (χ4v) is 2.64. The lowest BCUT2D eigenvalue weighted by atomic mass is 10.0. The molecule has 0 aromatic heterocycles. The summed E-state index contributed by atoms with van der Waals surface area (Å²) < 4.78 is 5.06. The molecule has 2 atom stereocenters. The van der Waals surface area contributed by atoms with Crippen LogP contribution in [0, 0.1) is 16.0 Å². The van der Waals surface area contributed by atoms with Crippen LogP contribution in [0.1, 0.15) is 19.3 Å². The Balaban J connectivity index is 2.15. The Morgan fingerprint density at radius 1 is 1.53 bits per heavy atom. The van der Waals surface area contributed by atoms with Crippen molar-refractivity contribution in [1.82, 2.24) is 0 Å². The van der Waals surface area contributed by atoms with Crippen LogP contribution < -0.4 is 15.8 Å². The number of rotatable bonds is 5. The number of benzene rings is 1. The quantitative estimate of drug-likeness (QED) is 0.628. The van der Waals surface area contributed by atoms with E-state index in [1.165, 1.54) is 19.6 Å². The van der Waals surface area contributed by atoms with Crippen molar-refractivity contribution < 1.29 is 9.66 Å². The topological polar surface area (TPSA) is 90.4 Å². The number of hydrogen-bond acceptors (Lipinski definition) is 5. The Morgan fingerprint density at radius 2 is 2.32 bits per heavy atom. The van der Waals surface area contributed by atoms with Crippen LogP contribution >= 0.6 is 0 Å². The van der Waals surface area contributed by atoms with Gasteiger partial charge >= 0.3 is 5.69 Å². The molecule has 6 heteroatoms. The summed E-state index contributed by atoms with van der Waals surface area (Å²) >= 11 is 0. The molecule has 1 saturated carbocycles. The van der Waals surface area contributed by atoms with E-state index in [0.717, 1.165) is 18.5 Å². The molecule has 19 heavy (non-hydrogen) atoms. The highest BCUT2D eigenvalue weighted by molar-refractivity contribution is 5.58. The predicted molar refractivity (Wildman–Crippen MR) is 73.5 cm³/mol. The molecular formula is C13H19N3O3. The van der Waals surface area contributed by atoms with Crippen molar-refractivity contribution in [2.24, 2.45) is 11.7 Å². The molecule has 1 aromatic carbocycles. The molecule has 3 N–H and O–H groups in total. The monoisotopic (exact) mass is 265 g/mol. The van der Waals surface area contributed by atoms with E-state index in [1.54, 1.807) is 12.1 Å². The second-order valence-corrected chi connectivity index (χ2v) is 4.82. The maximum Gasteiger partial charge on any atom is 0.311 e. The Hall–Kier alpha value is -1.82. The van der Waals surface area contributed by atoms with Gasteiger partial charge in [0.25, 0.3) is 0 Å². The number of nitrogens with zero attached hydrogens (tertiary/aromatic N) is 1. The first-order chi connectivity index (χ1) is 9.15. The fraction of sp³-hybridized carbons (Fsp3) is 0.538. The average molecular weight is 265 g/mol. The number of nitro groups is 1. The Bertz CT molecular complexity index is 464. The first kappa shape index (κ1) is 13.6. The minimum Gasteiger partial charge on any atom is -0.490 e. The van der Waals surface area contributed by atoms with Crippen molar-refractivity contribution in [3.05, 3.63) is 28.3 Å². The van der Waals surface area contributed by atoms with Crippen molar-refractivity contribution in [2.75, 3.05) is 19.0 Å². The second-order valence-electron chi connectivity index (χ2n) is 4.82. The summed E-state index contributed by atoms with van der Waals surface area (Å²) in [4.78, 5) is 10.4. The molecule has 2 rings (SSSR count). The normalized spacial score (nSPS) is 22.2. The van der Waals surface area contributed by atoms with Gasteiger partial charge < -0.3 is 15.8 Å². The van der Waals surface area contributed by atoms with E-state index in [0.29, 0.717) is 18.5 Å². The van der Waals surface area contributed by atoms with Crippen LogP contribution in [0.4, 0.5) is 11.4 Å². The van der Waals surface area contributed by atoms with Crippen LogP contribution in [0.25, 0.3) is 0 Å². The molecule has 0 spiro atoms. The number of hydrogen-bond donors (Lipinski definition) is 2. The average Bonchev–Trinajstić information content (AvgIpc) is 2.85. The SMILES string of the molecule is COc1cc(NC2CCCC2CN)ccc1[N+](=O)[O-]. The van der Waals surface area contributed by atoms with E-state index < -0.39 is 4.92 Å². The standard InChI is InChI=1S/C13H19N3O3/c1-19-13-7-10(5-6-12(13)16(17)18)15-11-4-2-3-9(11)8-14/h5-7,9,11,15H,2-4,8,14H2,1H3. The maximum atomic E-state index is 10.8. The third kappa shape index (κ3) is 2.96. The van der Waals surface area contributed by atoms with Gasteiger partial charge in [-0.1, -0.05) is 6.42 Å². The number of nitro benzene ring substituents is 1. The minimum atomic E-state index is -0.444. The highest BCUT2D eigenvalue weighted by atomic mass is 16.6. The third-order valence-corrected chi connectivity index (χ3v) is 3.69. The van der Waals surface area contributed by atoms with Crippen molar-refractivity contribution in [3.63, 3.8) is 0 Å². The Kier molecular flexibility index (Phi) is 4.21. The van der Waals surface area contributed by atoms with E-state index in [2.05, 4.69) is 5.32 Å². The number of anilines is 1. The Morgan fingerprint density at radius 3 is 2.95 bits per heavy atom. The summed E-state index contributed by atoms with van der Waals surface area (Å²) in [6, 6.07) is 5.20. The van der Waals surface area contributed by atoms with Gasteiger partial charge in [0.2, 0.25) is 0 Å². The maximum absolute atomic E-state index is 10.8. The van der Waals surface area contributed by atoms with Gasteiger partial charge in [0, 0.05) is 23.9 Å². The lowest BCUT2D eigenvalue weighted by Gasteiger charge is -2.20. The molecular weight excluding hydrogens is 246 g/mol. The molecule has 6 nitrogen and oxygen atoms in total. The summed E-state index contributed by atoms with van der Waals surface area (Å²) in [7, 11) is 1.43.